The number of hydrogen-bond acceptors (Lipinski definition) is 4. The monoisotopic (exact) mass is 382 g/mol. The van der Waals surface area contributed by atoms with Gasteiger partial charge < -0.3 is 0 Å². The van der Waals surface area contributed by atoms with Crippen molar-refractivity contribution >= 4 is 16.7 Å². The number of benzene rings is 3. The van der Waals surface area contributed by atoms with Gasteiger partial charge in [0.25, 0.3) is 0 Å². The maximum absolute atomic E-state index is 9.66. The van der Waals surface area contributed by atoms with Crippen LogP contribution in [0.3, 0.4) is 0 Å². The number of rotatable bonds is 3. The topological polar surface area (TPSA) is 95.2 Å². The second-order valence-electron chi connectivity index (χ2n) is 6.26. The van der Waals surface area contributed by atoms with Crippen LogP contribution in [0.4, 0.5) is 0 Å². The Hall–Kier alpha value is -4.90. The van der Waals surface area contributed by atoms with E-state index >= 15 is 0 Å². The van der Waals surface area contributed by atoms with Gasteiger partial charge in [0.05, 0.1) is 0 Å². The second-order valence-corrected chi connectivity index (χ2v) is 6.26. The molecule has 3 rings (SSSR count). The largest absolute Gasteiger partial charge is 0.192 e. The van der Waals surface area contributed by atoms with Crippen molar-refractivity contribution in [3.8, 4) is 24.3 Å². The quantitative estimate of drug-likeness (QED) is 0.647. The third-order valence-electron chi connectivity index (χ3n) is 4.53. The zero-order chi connectivity index (χ0) is 21.3. The van der Waals surface area contributed by atoms with E-state index in [-0.39, 0.29) is 11.1 Å². The predicted octanol–water partition coefficient (Wildman–Crippen LogP) is 3.58. The van der Waals surface area contributed by atoms with E-state index in [1.165, 1.54) is 0 Å². The van der Waals surface area contributed by atoms with Crippen LogP contribution in [0.1, 0.15) is 11.1 Å². The molecule has 0 aliphatic carbocycles. The van der Waals surface area contributed by atoms with Crippen molar-refractivity contribution in [2.45, 2.75) is 0 Å². The van der Waals surface area contributed by atoms with E-state index in [4.69, 9.17) is 10.5 Å². The van der Waals surface area contributed by atoms with Gasteiger partial charge in [0, 0.05) is 10.8 Å². The molecule has 3 aromatic carbocycles. The van der Waals surface area contributed by atoms with Crippen molar-refractivity contribution in [1.82, 2.24) is 0 Å². The van der Waals surface area contributed by atoms with Crippen molar-refractivity contribution in [2.24, 2.45) is 0 Å². The fraction of sp³-hybridized carbons (Fsp3) is 0. The molecule has 3 aromatic rings. The highest BCUT2D eigenvalue weighted by atomic mass is 14.3. The molecule has 0 radical (unpaired) electrons. The minimum atomic E-state index is 0.00503. The molecule has 4 nitrogen and oxygen atoms in total. The van der Waals surface area contributed by atoms with Crippen molar-refractivity contribution in [2.75, 3.05) is 0 Å². The molecule has 30 heavy (non-hydrogen) atoms. The summed E-state index contributed by atoms with van der Waals surface area (Å²) in [4.78, 5) is 0. The van der Waals surface area contributed by atoms with Crippen LogP contribution in [-0.4, -0.2) is 0 Å². The molecule has 0 spiro atoms. The normalized spacial score (nSPS) is 9.20. The van der Waals surface area contributed by atoms with Crippen molar-refractivity contribution < 1.29 is 0 Å². The Labute approximate surface area is 174 Å². The van der Waals surface area contributed by atoms with Gasteiger partial charge in [-0.25, -0.2) is 0 Å². The summed E-state index contributed by atoms with van der Waals surface area (Å²) in [6, 6.07) is 33.6. The molecule has 0 saturated heterocycles. The first-order valence-electron chi connectivity index (χ1n) is 9.04. The lowest BCUT2D eigenvalue weighted by Gasteiger charge is -2.14. The van der Waals surface area contributed by atoms with E-state index in [0.717, 1.165) is 21.9 Å². The Morgan fingerprint density at radius 1 is 0.500 bits per heavy atom. The molecule has 0 saturated carbocycles. The maximum atomic E-state index is 9.66. The molecule has 0 aliphatic heterocycles. The number of nitriles is 4. The zero-order valence-electron chi connectivity index (χ0n) is 15.9. The molecule has 0 aliphatic rings. The van der Waals surface area contributed by atoms with Crippen molar-refractivity contribution in [3.05, 3.63) is 112 Å². The van der Waals surface area contributed by atoms with E-state index < -0.39 is 0 Å². The number of hydrogen-bond donors (Lipinski definition) is 0. The number of nitrogens with zero attached hydrogens (tertiary/aromatic N) is 4. The summed E-state index contributed by atoms with van der Waals surface area (Å²) in [5.41, 5.74) is 2.88. The maximum Gasteiger partial charge on any atom is 0.138 e. The van der Waals surface area contributed by atoms with E-state index in [1.807, 2.05) is 84.9 Å². The van der Waals surface area contributed by atoms with Crippen LogP contribution < -0.4 is 10.4 Å². The molecule has 0 N–H and O–H groups in total. The van der Waals surface area contributed by atoms with Gasteiger partial charge in [-0.05, 0) is 21.9 Å². The lowest BCUT2D eigenvalue weighted by Crippen LogP contribution is -2.14. The minimum absolute atomic E-state index is 0.00503. The minimum Gasteiger partial charge on any atom is -0.192 e. The second kappa shape index (κ2) is 9.34. The third kappa shape index (κ3) is 4.00. The molecule has 0 bridgehead atoms. The van der Waals surface area contributed by atoms with Gasteiger partial charge in [-0.15, -0.1) is 0 Å². The smallest absolute Gasteiger partial charge is 0.138 e. The van der Waals surface area contributed by atoms with E-state index in [9.17, 15) is 10.5 Å². The average molecular weight is 382 g/mol. The van der Waals surface area contributed by atoms with Gasteiger partial charge in [-0.1, -0.05) is 84.9 Å². The van der Waals surface area contributed by atoms with Crippen molar-refractivity contribution in [3.63, 3.8) is 0 Å². The van der Waals surface area contributed by atoms with Crippen LogP contribution >= 0.6 is 0 Å². The molecule has 0 amide bonds. The fourth-order valence-electron chi connectivity index (χ4n) is 3.17. The summed E-state index contributed by atoms with van der Waals surface area (Å²) in [6.45, 7) is 0. The highest BCUT2D eigenvalue weighted by Crippen LogP contribution is 2.31. The van der Waals surface area contributed by atoms with E-state index in [1.54, 1.807) is 24.3 Å². The van der Waals surface area contributed by atoms with Crippen LogP contribution in [0.15, 0.2) is 90.5 Å². The summed E-state index contributed by atoms with van der Waals surface area (Å²) in [7, 11) is 0. The van der Waals surface area contributed by atoms with Gasteiger partial charge in [0.2, 0.25) is 0 Å². The SMILES string of the molecule is N#CC(C#N)=C(C(c1ccccc1)=c1ccc(=C(C#N)C#N)cc1)c1ccccc1. The van der Waals surface area contributed by atoms with Crippen LogP contribution in [0.25, 0.3) is 16.7 Å². The zero-order valence-corrected chi connectivity index (χ0v) is 15.9. The van der Waals surface area contributed by atoms with Gasteiger partial charge in [0.1, 0.15) is 35.4 Å². The summed E-state index contributed by atoms with van der Waals surface area (Å²) in [5, 5.41) is 38.8. The van der Waals surface area contributed by atoms with Crippen LogP contribution in [0.2, 0.25) is 0 Å². The molecule has 0 aromatic heterocycles. The molecule has 0 unspecified atom stereocenters. The lowest BCUT2D eigenvalue weighted by atomic mass is 9.87. The first-order chi connectivity index (χ1) is 14.7. The highest BCUT2D eigenvalue weighted by Gasteiger charge is 2.17. The van der Waals surface area contributed by atoms with E-state index in [2.05, 4.69) is 0 Å². The van der Waals surface area contributed by atoms with E-state index in [0.29, 0.717) is 10.8 Å². The molecular formula is C26H14N4. The molecule has 138 valence electrons. The van der Waals surface area contributed by atoms with Crippen LogP contribution in [0.5, 0.6) is 0 Å². The summed E-state index contributed by atoms with van der Waals surface area (Å²) >= 11 is 0. The van der Waals surface area contributed by atoms with Crippen molar-refractivity contribution in [1.29, 1.82) is 21.0 Å². The molecule has 4 heteroatoms. The predicted molar refractivity (Wildman–Crippen MR) is 114 cm³/mol. The molecular weight excluding hydrogens is 368 g/mol. The summed E-state index contributed by atoms with van der Waals surface area (Å²) < 4.78 is 0. The lowest BCUT2D eigenvalue weighted by molar-refractivity contribution is 1.44. The Kier molecular flexibility index (Phi) is 6.18. The standard InChI is InChI=1S/C26H14N4/c27-15-23(16-28)19-11-13-22(14-12-19)25(20-7-3-1-4-8-20)26(24(17-29)18-30)21-9-5-2-6-10-21/h1-14H. The Morgan fingerprint density at radius 2 is 0.967 bits per heavy atom. The Balaban J connectivity index is 2.48. The molecule has 0 atom stereocenters. The van der Waals surface area contributed by atoms with Gasteiger partial charge >= 0.3 is 0 Å². The summed E-state index contributed by atoms with van der Waals surface area (Å²) in [6.07, 6.45) is 0. The highest BCUT2D eigenvalue weighted by molar-refractivity contribution is 6.07. The van der Waals surface area contributed by atoms with Gasteiger partial charge in [-0.2, -0.15) is 21.0 Å². The average Bonchev–Trinajstić information content (AvgIpc) is 2.82. The Morgan fingerprint density at radius 3 is 1.43 bits per heavy atom. The molecule has 0 heterocycles. The van der Waals surface area contributed by atoms with Gasteiger partial charge in [-0.3, -0.25) is 0 Å². The Bertz CT molecular complexity index is 1350. The third-order valence-corrected chi connectivity index (χ3v) is 4.53. The molecule has 0 fully saturated rings. The van der Waals surface area contributed by atoms with Crippen LogP contribution in [0, 0.1) is 45.3 Å². The first-order valence-corrected chi connectivity index (χ1v) is 9.04. The summed E-state index contributed by atoms with van der Waals surface area (Å²) in [5.74, 6) is 0. The fourth-order valence-corrected chi connectivity index (χ4v) is 3.17. The van der Waals surface area contributed by atoms with Gasteiger partial charge in [0.15, 0.2) is 0 Å². The number of allylic oxidation sites excluding steroid dienone is 2. The first kappa shape index (κ1) is 19.9. The van der Waals surface area contributed by atoms with Crippen LogP contribution in [-0.2, 0) is 0 Å².